The van der Waals surface area contributed by atoms with Gasteiger partial charge in [-0.3, -0.25) is 0 Å². The summed E-state index contributed by atoms with van der Waals surface area (Å²) >= 11 is 18.2. The molecule has 0 saturated heterocycles. The van der Waals surface area contributed by atoms with Crippen molar-refractivity contribution in [1.82, 2.24) is 5.32 Å². The van der Waals surface area contributed by atoms with Gasteiger partial charge in [0.25, 0.3) is 0 Å². The van der Waals surface area contributed by atoms with Crippen LogP contribution in [0.25, 0.3) is 0 Å². The summed E-state index contributed by atoms with van der Waals surface area (Å²) in [5.41, 5.74) is 1.59. The van der Waals surface area contributed by atoms with Gasteiger partial charge < -0.3 is 21.1 Å². The van der Waals surface area contributed by atoms with E-state index < -0.39 is 24.1 Å². The van der Waals surface area contributed by atoms with Crippen LogP contribution in [0.15, 0.2) is 36.4 Å². The lowest BCUT2D eigenvalue weighted by Crippen LogP contribution is -2.42. The molecule has 0 aromatic heterocycles. The third-order valence-corrected chi connectivity index (χ3v) is 4.70. The smallest absolute Gasteiger partial charge is 0.326 e. The molecule has 0 bridgehead atoms. The van der Waals surface area contributed by atoms with Gasteiger partial charge in [-0.2, -0.15) is 0 Å². The second kappa shape index (κ2) is 7.61. The van der Waals surface area contributed by atoms with Crippen molar-refractivity contribution >= 4 is 58.2 Å². The highest BCUT2D eigenvalue weighted by molar-refractivity contribution is 6.35. The molecule has 0 spiro atoms. The zero-order chi connectivity index (χ0) is 18.8. The van der Waals surface area contributed by atoms with E-state index in [2.05, 4.69) is 16.0 Å². The van der Waals surface area contributed by atoms with Crippen LogP contribution in [0.4, 0.5) is 16.2 Å². The zero-order valence-corrected chi connectivity index (χ0v) is 15.5. The topological polar surface area (TPSA) is 90.5 Å². The van der Waals surface area contributed by atoms with Gasteiger partial charge in [-0.05, 0) is 30.3 Å². The molecule has 1 aliphatic rings. The van der Waals surface area contributed by atoms with E-state index >= 15 is 0 Å². The van der Waals surface area contributed by atoms with Crippen LogP contribution in [0, 0.1) is 0 Å². The molecule has 9 heteroatoms. The Kier molecular flexibility index (Phi) is 5.46. The number of nitrogens with one attached hydrogen (secondary N) is 3. The number of carboxylic acids is 1. The molecule has 0 saturated carbocycles. The van der Waals surface area contributed by atoms with Gasteiger partial charge >= 0.3 is 12.0 Å². The van der Waals surface area contributed by atoms with E-state index in [0.717, 1.165) is 0 Å². The van der Waals surface area contributed by atoms with Crippen LogP contribution in [0.2, 0.25) is 15.1 Å². The number of urea groups is 1. The maximum absolute atomic E-state index is 12.4. The molecular weight excluding hydrogens is 401 g/mol. The van der Waals surface area contributed by atoms with Gasteiger partial charge in [0.1, 0.15) is 6.04 Å². The first kappa shape index (κ1) is 18.6. The standard InChI is InChI=1S/C17H14Cl3N3O3/c18-8-2-1-3-10(4-8)21-17(26)23-13-7-14(16(24)25)22-12-6-9(19)5-11(20)15(12)13/h1-6,13-14,22H,7H2,(H,24,25)(H2,21,23,26)/t13-,14+/m0/s1. The van der Waals surface area contributed by atoms with Gasteiger partial charge in [0.05, 0.1) is 6.04 Å². The monoisotopic (exact) mass is 413 g/mol. The fraction of sp³-hybridized carbons (Fsp3) is 0.176. The first-order valence-corrected chi connectivity index (χ1v) is 8.78. The largest absolute Gasteiger partial charge is 0.480 e. The molecule has 2 amide bonds. The third kappa shape index (κ3) is 4.15. The number of halogens is 3. The van der Waals surface area contributed by atoms with Crippen LogP contribution < -0.4 is 16.0 Å². The van der Waals surface area contributed by atoms with Gasteiger partial charge in [-0.1, -0.05) is 40.9 Å². The number of anilines is 2. The normalized spacial score (nSPS) is 18.4. The molecule has 0 unspecified atom stereocenters. The Labute approximate surface area is 164 Å². The van der Waals surface area contributed by atoms with Crippen molar-refractivity contribution in [3.8, 4) is 0 Å². The molecule has 1 aliphatic heterocycles. The summed E-state index contributed by atoms with van der Waals surface area (Å²) < 4.78 is 0. The molecule has 6 nitrogen and oxygen atoms in total. The Morgan fingerprint density at radius 2 is 1.88 bits per heavy atom. The number of hydrogen-bond donors (Lipinski definition) is 4. The average molecular weight is 415 g/mol. The number of carbonyl (C=O) groups excluding carboxylic acids is 1. The summed E-state index contributed by atoms with van der Waals surface area (Å²) in [4.78, 5) is 23.8. The molecule has 3 rings (SSSR count). The van der Waals surface area contributed by atoms with Gasteiger partial charge in [-0.25, -0.2) is 9.59 Å². The zero-order valence-electron chi connectivity index (χ0n) is 13.2. The molecule has 2 aromatic rings. The summed E-state index contributed by atoms with van der Waals surface area (Å²) in [7, 11) is 0. The molecule has 4 N–H and O–H groups in total. The summed E-state index contributed by atoms with van der Waals surface area (Å²) in [6.45, 7) is 0. The van der Waals surface area contributed by atoms with Crippen molar-refractivity contribution in [2.75, 3.05) is 10.6 Å². The minimum absolute atomic E-state index is 0.132. The van der Waals surface area contributed by atoms with Crippen LogP contribution in [0.5, 0.6) is 0 Å². The molecule has 26 heavy (non-hydrogen) atoms. The number of fused-ring (bicyclic) bond motifs is 1. The van der Waals surface area contributed by atoms with Crippen LogP contribution in [0.3, 0.4) is 0 Å². The molecule has 0 fully saturated rings. The average Bonchev–Trinajstić information content (AvgIpc) is 2.53. The lowest BCUT2D eigenvalue weighted by molar-refractivity contribution is -0.138. The minimum Gasteiger partial charge on any atom is -0.480 e. The van der Waals surface area contributed by atoms with Crippen molar-refractivity contribution in [3.05, 3.63) is 57.0 Å². The van der Waals surface area contributed by atoms with Crippen molar-refractivity contribution in [1.29, 1.82) is 0 Å². The maximum Gasteiger partial charge on any atom is 0.326 e. The van der Waals surface area contributed by atoms with E-state index in [1.54, 1.807) is 36.4 Å². The van der Waals surface area contributed by atoms with E-state index in [1.807, 2.05) is 0 Å². The molecule has 136 valence electrons. The first-order valence-electron chi connectivity index (χ1n) is 7.65. The van der Waals surface area contributed by atoms with Gasteiger partial charge in [0, 0.05) is 38.4 Å². The molecule has 1 heterocycles. The molecule has 2 atom stereocenters. The predicted molar refractivity (Wildman–Crippen MR) is 102 cm³/mol. The van der Waals surface area contributed by atoms with E-state index in [1.165, 1.54) is 0 Å². The van der Waals surface area contributed by atoms with Crippen LogP contribution >= 0.6 is 34.8 Å². The number of aliphatic carboxylic acids is 1. The Hall–Kier alpha value is -2.15. The highest BCUT2D eigenvalue weighted by atomic mass is 35.5. The lowest BCUT2D eigenvalue weighted by atomic mass is 9.93. The van der Waals surface area contributed by atoms with Gasteiger partial charge in [0.15, 0.2) is 0 Å². The number of hydrogen-bond acceptors (Lipinski definition) is 3. The fourth-order valence-electron chi connectivity index (χ4n) is 2.84. The van der Waals surface area contributed by atoms with Crippen molar-refractivity contribution in [2.45, 2.75) is 18.5 Å². The highest BCUT2D eigenvalue weighted by Gasteiger charge is 2.33. The Bertz CT molecular complexity index is 876. The summed E-state index contributed by atoms with van der Waals surface area (Å²) in [6.07, 6.45) is 0.132. The van der Waals surface area contributed by atoms with E-state index in [-0.39, 0.29) is 6.42 Å². The van der Waals surface area contributed by atoms with Crippen LogP contribution in [-0.2, 0) is 4.79 Å². The molecule has 0 aliphatic carbocycles. The Morgan fingerprint density at radius 1 is 1.12 bits per heavy atom. The Morgan fingerprint density at radius 3 is 2.58 bits per heavy atom. The van der Waals surface area contributed by atoms with Gasteiger partial charge in [0.2, 0.25) is 0 Å². The summed E-state index contributed by atoms with van der Waals surface area (Å²) in [6, 6.07) is 7.84. The number of carbonyl (C=O) groups is 2. The molecule has 2 aromatic carbocycles. The van der Waals surface area contributed by atoms with Gasteiger partial charge in [-0.15, -0.1) is 0 Å². The second-order valence-corrected chi connectivity index (χ2v) is 7.06. The van der Waals surface area contributed by atoms with Crippen molar-refractivity contribution in [2.24, 2.45) is 0 Å². The van der Waals surface area contributed by atoms with Crippen LogP contribution in [0.1, 0.15) is 18.0 Å². The number of rotatable bonds is 3. The maximum atomic E-state index is 12.4. The quantitative estimate of drug-likeness (QED) is 0.582. The fourth-order valence-corrected chi connectivity index (χ4v) is 3.66. The number of amides is 2. The van der Waals surface area contributed by atoms with E-state index in [9.17, 15) is 14.7 Å². The van der Waals surface area contributed by atoms with E-state index in [0.29, 0.717) is 32.0 Å². The second-order valence-electron chi connectivity index (χ2n) is 5.78. The number of benzene rings is 2. The highest BCUT2D eigenvalue weighted by Crippen LogP contribution is 2.39. The SMILES string of the molecule is O=C(Nc1cccc(Cl)c1)N[C@H]1C[C@H](C(=O)O)Nc2cc(Cl)cc(Cl)c21. The third-order valence-electron chi connectivity index (χ3n) is 3.93. The van der Waals surface area contributed by atoms with Crippen molar-refractivity contribution in [3.63, 3.8) is 0 Å². The summed E-state index contributed by atoms with van der Waals surface area (Å²) in [5.74, 6) is -1.03. The summed E-state index contributed by atoms with van der Waals surface area (Å²) in [5, 5.41) is 18.9. The van der Waals surface area contributed by atoms with Crippen molar-refractivity contribution < 1.29 is 14.7 Å². The van der Waals surface area contributed by atoms with E-state index in [4.69, 9.17) is 34.8 Å². The molecule has 0 radical (unpaired) electrons. The predicted octanol–water partition coefficient (Wildman–Crippen LogP) is 4.78. The first-order chi connectivity index (χ1) is 12.3. The molecular formula is C17H14Cl3N3O3. The lowest BCUT2D eigenvalue weighted by Gasteiger charge is -2.32. The van der Waals surface area contributed by atoms with Crippen LogP contribution in [-0.4, -0.2) is 23.1 Å². The Balaban J connectivity index is 1.84. The minimum atomic E-state index is -1.03. The number of carboxylic acid groups (broad SMARTS) is 1.